The van der Waals surface area contributed by atoms with E-state index in [4.69, 9.17) is 5.11 Å². The first-order valence-electron chi connectivity index (χ1n) is 6.33. The summed E-state index contributed by atoms with van der Waals surface area (Å²) in [6, 6.07) is 2.45. The van der Waals surface area contributed by atoms with Crippen molar-refractivity contribution in [2.24, 2.45) is 0 Å². The van der Waals surface area contributed by atoms with E-state index in [2.05, 4.69) is 16.0 Å². The van der Waals surface area contributed by atoms with Gasteiger partial charge in [0.1, 0.15) is 5.82 Å². The second-order valence-corrected chi connectivity index (χ2v) is 4.64. The van der Waals surface area contributed by atoms with Crippen LogP contribution in [0.15, 0.2) is 18.2 Å². The van der Waals surface area contributed by atoms with E-state index >= 15 is 0 Å². The van der Waals surface area contributed by atoms with Crippen LogP contribution in [0.1, 0.15) is 23.2 Å². The summed E-state index contributed by atoms with van der Waals surface area (Å²) in [5.74, 6) is -2.14. The third kappa shape index (κ3) is 3.91. The number of anilines is 1. The fourth-order valence-electron chi connectivity index (χ4n) is 1.96. The number of aromatic carboxylic acids is 1. The van der Waals surface area contributed by atoms with Crippen molar-refractivity contribution in [2.75, 3.05) is 11.9 Å². The van der Waals surface area contributed by atoms with Crippen LogP contribution in [0.3, 0.4) is 0 Å². The molecular weight excluding hydrogens is 281 g/mol. The van der Waals surface area contributed by atoms with Gasteiger partial charge in [-0.1, -0.05) is 0 Å². The first-order valence-corrected chi connectivity index (χ1v) is 6.33. The van der Waals surface area contributed by atoms with Crippen LogP contribution in [-0.2, 0) is 4.79 Å². The summed E-state index contributed by atoms with van der Waals surface area (Å²) in [6.07, 6.45) is 1.07. The molecule has 1 unspecified atom stereocenters. The molecule has 112 valence electrons. The van der Waals surface area contributed by atoms with E-state index in [0.717, 1.165) is 6.07 Å². The van der Waals surface area contributed by atoms with Crippen molar-refractivity contribution >= 4 is 23.6 Å². The first-order chi connectivity index (χ1) is 9.95. The number of carbonyl (C=O) groups excluding carboxylic acids is 2. The number of carboxylic acids is 1. The lowest BCUT2D eigenvalue weighted by Gasteiger charge is -2.12. The van der Waals surface area contributed by atoms with Gasteiger partial charge in [-0.05, 0) is 24.6 Å². The Balaban J connectivity index is 1.87. The molecule has 0 radical (unpaired) electrons. The van der Waals surface area contributed by atoms with Crippen LogP contribution in [0.2, 0.25) is 0 Å². The summed E-state index contributed by atoms with van der Waals surface area (Å²) < 4.78 is 13.6. The third-order valence-corrected chi connectivity index (χ3v) is 3.06. The van der Waals surface area contributed by atoms with Gasteiger partial charge in [0, 0.05) is 19.0 Å². The summed E-state index contributed by atoms with van der Waals surface area (Å²) in [4.78, 5) is 33.2. The lowest BCUT2D eigenvalue weighted by atomic mass is 10.2. The molecule has 0 spiro atoms. The van der Waals surface area contributed by atoms with Gasteiger partial charge < -0.3 is 21.1 Å². The van der Waals surface area contributed by atoms with Crippen LogP contribution in [0.5, 0.6) is 0 Å². The van der Waals surface area contributed by atoms with Crippen molar-refractivity contribution < 1.29 is 23.9 Å². The topological polar surface area (TPSA) is 108 Å². The molecule has 0 saturated carbocycles. The van der Waals surface area contributed by atoms with Crippen molar-refractivity contribution in [2.45, 2.75) is 18.9 Å². The van der Waals surface area contributed by atoms with Gasteiger partial charge in [-0.25, -0.2) is 14.0 Å². The molecule has 1 atom stereocenters. The van der Waals surface area contributed by atoms with E-state index in [1.165, 1.54) is 12.1 Å². The fourth-order valence-corrected chi connectivity index (χ4v) is 1.96. The summed E-state index contributed by atoms with van der Waals surface area (Å²) >= 11 is 0. The SMILES string of the molecule is O=C1CCC(CNC(=O)Nc2ccc(C(=O)O)cc2F)N1. The van der Waals surface area contributed by atoms with Crippen molar-refractivity contribution in [3.8, 4) is 0 Å². The van der Waals surface area contributed by atoms with Crippen molar-refractivity contribution in [3.05, 3.63) is 29.6 Å². The molecule has 8 heteroatoms. The number of carboxylic acid groups (broad SMARTS) is 1. The molecular formula is C13H14FN3O4. The van der Waals surface area contributed by atoms with E-state index < -0.39 is 17.8 Å². The van der Waals surface area contributed by atoms with Crippen molar-refractivity contribution in [1.29, 1.82) is 0 Å². The Morgan fingerprint density at radius 1 is 1.43 bits per heavy atom. The number of rotatable bonds is 4. The average molecular weight is 295 g/mol. The van der Waals surface area contributed by atoms with Crippen molar-refractivity contribution in [1.82, 2.24) is 10.6 Å². The Hall–Kier alpha value is -2.64. The van der Waals surface area contributed by atoms with Gasteiger partial charge in [-0.2, -0.15) is 0 Å². The van der Waals surface area contributed by atoms with Crippen LogP contribution < -0.4 is 16.0 Å². The lowest BCUT2D eigenvalue weighted by molar-refractivity contribution is -0.119. The third-order valence-electron chi connectivity index (χ3n) is 3.06. The van der Waals surface area contributed by atoms with Crippen LogP contribution in [0, 0.1) is 5.82 Å². The summed E-state index contributed by atoms with van der Waals surface area (Å²) in [5, 5.41) is 16.2. The standard InChI is InChI=1S/C13H14FN3O4/c14-9-5-7(12(19)20)1-3-10(9)17-13(21)15-6-8-2-4-11(18)16-8/h1,3,5,8H,2,4,6H2,(H,16,18)(H,19,20)(H2,15,17,21). The maximum atomic E-state index is 13.6. The van der Waals surface area contributed by atoms with Gasteiger partial charge in [-0.3, -0.25) is 4.79 Å². The molecule has 1 aliphatic heterocycles. The highest BCUT2D eigenvalue weighted by Crippen LogP contribution is 2.15. The number of benzene rings is 1. The zero-order valence-corrected chi connectivity index (χ0v) is 11.0. The molecule has 7 nitrogen and oxygen atoms in total. The predicted octanol–water partition coefficient (Wildman–Crippen LogP) is 0.924. The second kappa shape index (κ2) is 6.21. The minimum atomic E-state index is -1.25. The van der Waals surface area contributed by atoms with E-state index in [1.807, 2.05) is 0 Å². The van der Waals surface area contributed by atoms with Crippen LogP contribution >= 0.6 is 0 Å². The number of nitrogens with one attached hydrogen (secondary N) is 3. The average Bonchev–Trinajstić information content (AvgIpc) is 2.84. The number of halogens is 1. The Bertz CT molecular complexity index is 591. The Labute approximate surface area is 119 Å². The maximum Gasteiger partial charge on any atom is 0.335 e. The van der Waals surface area contributed by atoms with E-state index in [0.29, 0.717) is 12.8 Å². The molecule has 1 aromatic carbocycles. The van der Waals surface area contributed by atoms with Gasteiger partial charge in [0.15, 0.2) is 0 Å². The number of urea groups is 1. The van der Waals surface area contributed by atoms with E-state index in [1.54, 1.807) is 0 Å². The van der Waals surface area contributed by atoms with Gasteiger partial charge in [0.05, 0.1) is 11.3 Å². The highest BCUT2D eigenvalue weighted by molar-refractivity contribution is 5.91. The molecule has 1 aromatic rings. The molecule has 21 heavy (non-hydrogen) atoms. The highest BCUT2D eigenvalue weighted by atomic mass is 19.1. The first kappa shape index (κ1) is 14.8. The quantitative estimate of drug-likeness (QED) is 0.662. The summed E-state index contributed by atoms with van der Waals surface area (Å²) in [7, 11) is 0. The molecule has 1 saturated heterocycles. The Morgan fingerprint density at radius 2 is 2.19 bits per heavy atom. The minimum absolute atomic E-state index is 0.0579. The van der Waals surface area contributed by atoms with Crippen LogP contribution in [-0.4, -0.2) is 35.6 Å². The lowest BCUT2D eigenvalue weighted by Crippen LogP contribution is -2.40. The fraction of sp³-hybridized carbons (Fsp3) is 0.308. The van der Waals surface area contributed by atoms with Crippen LogP contribution in [0.4, 0.5) is 14.9 Å². The number of carbonyl (C=O) groups is 3. The molecule has 2 rings (SSSR count). The summed E-state index contributed by atoms with van der Waals surface area (Å²) in [6.45, 7) is 0.242. The Morgan fingerprint density at radius 3 is 2.76 bits per heavy atom. The molecule has 0 bridgehead atoms. The Kier molecular flexibility index (Phi) is 4.36. The maximum absolute atomic E-state index is 13.6. The second-order valence-electron chi connectivity index (χ2n) is 4.64. The molecule has 1 aliphatic rings. The van der Waals surface area contributed by atoms with E-state index in [9.17, 15) is 18.8 Å². The van der Waals surface area contributed by atoms with Gasteiger partial charge >= 0.3 is 12.0 Å². The normalized spacial score (nSPS) is 17.2. The van der Waals surface area contributed by atoms with Gasteiger partial charge in [0.2, 0.25) is 5.91 Å². The number of amides is 3. The summed E-state index contributed by atoms with van der Waals surface area (Å²) in [5.41, 5.74) is -0.319. The zero-order valence-electron chi connectivity index (χ0n) is 11.0. The molecule has 0 aliphatic carbocycles. The number of hydrogen-bond acceptors (Lipinski definition) is 3. The predicted molar refractivity (Wildman–Crippen MR) is 71.5 cm³/mol. The van der Waals surface area contributed by atoms with Gasteiger partial charge in [0.25, 0.3) is 0 Å². The van der Waals surface area contributed by atoms with E-state index in [-0.39, 0.29) is 29.7 Å². The van der Waals surface area contributed by atoms with Crippen molar-refractivity contribution in [3.63, 3.8) is 0 Å². The highest BCUT2D eigenvalue weighted by Gasteiger charge is 2.21. The zero-order chi connectivity index (χ0) is 15.4. The molecule has 3 amide bonds. The van der Waals surface area contributed by atoms with Crippen LogP contribution in [0.25, 0.3) is 0 Å². The van der Waals surface area contributed by atoms with Gasteiger partial charge in [-0.15, -0.1) is 0 Å². The molecule has 0 aromatic heterocycles. The smallest absolute Gasteiger partial charge is 0.335 e. The number of hydrogen-bond donors (Lipinski definition) is 4. The molecule has 1 fully saturated rings. The minimum Gasteiger partial charge on any atom is -0.478 e. The monoisotopic (exact) mass is 295 g/mol. The molecule has 4 N–H and O–H groups in total. The molecule has 1 heterocycles. The largest absolute Gasteiger partial charge is 0.478 e.